The Hall–Kier alpha value is -2.25. The number of rotatable bonds is 6. The molecule has 0 fully saturated rings. The Bertz CT molecular complexity index is 1210. The van der Waals surface area contributed by atoms with Gasteiger partial charge in [-0.2, -0.15) is 0 Å². The molecule has 0 radical (unpaired) electrons. The number of benzene rings is 2. The molecule has 4 rings (SSSR count). The van der Waals surface area contributed by atoms with Crippen molar-refractivity contribution in [2.45, 2.75) is 11.7 Å². The zero-order chi connectivity index (χ0) is 21.1. The van der Waals surface area contributed by atoms with Crippen LogP contribution in [0.1, 0.15) is 5.56 Å². The molecule has 9 heteroatoms. The van der Waals surface area contributed by atoms with Crippen LogP contribution in [0.4, 0.5) is 5.82 Å². The van der Waals surface area contributed by atoms with Gasteiger partial charge in [0, 0.05) is 11.2 Å². The van der Waals surface area contributed by atoms with E-state index in [1.807, 2.05) is 36.4 Å². The van der Waals surface area contributed by atoms with Crippen LogP contribution in [0.15, 0.2) is 66.0 Å². The molecule has 2 heterocycles. The molecule has 2 aromatic heterocycles. The van der Waals surface area contributed by atoms with Crippen LogP contribution in [-0.2, 0) is 11.3 Å². The van der Waals surface area contributed by atoms with Crippen molar-refractivity contribution in [2.75, 3.05) is 11.1 Å². The van der Waals surface area contributed by atoms with Crippen molar-refractivity contribution in [3.8, 4) is 0 Å². The molecule has 1 amide bonds. The maximum atomic E-state index is 12.4. The molecule has 1 N–H and O–H groups in total. The van der Waals surface area contributed by atoms with E-state index in [4.69, 9.17) is 34.8 Å². The van der Waals surface area contributed by atoms with Crippen molar-refractivity contribution < 1.29 is 4.79 Å². The predicted molar refractivity (Wildman–Crippen MR) is 124 cm³/mol. The number of carbonyl (C=O) groups excluding carboxylic acids is 1. The van der Waals surface area contributed by atoms with Gasteiger partial charge in [0.05, 0.1) is 33.4 Å². The molecular formula is C21H15Cl3N4OS. The summed E-state index contributed by atoms with van der Waals surface area (Å²) in [6.45, 7) is 0.632. The third-order valence-electron chi connectivity index (χ3n) is 4.26. The topological polar surface area (TPSA) is 59.8 Å². The number of pyridine rings is 1. The molecule has 4 aromatic rings. The molecule has 0 aliphatic carbocycles. The largest absolute Gasteiger partial charge is 0.314 e. The lowest BCUT2D eigenvalue weighted by Gasteiger charge is -2.10. The molecule has 0 saturated heterocycles. The second-order valence-electron chi connectivity index (χ2n) is 6.42. The lowest BCUT2D eigenvalue weighted by atomic mass is 10.2. The minimum Gasteiger partial charge on any atom is -0.314 e. The fourth-order valence-corrected chi connectivity index (χ4v) is 4.32. The molecule has 0 aliphatic rings. The molecule has 0 spiro atoms. The Balaban J connectivity index is 1.55. The van der Waals surface area contributed by atoms with Crippen molar-refractivity contribution in [2.24, 2.45) is 0 Å². The Morgan fingerprint density at radius 2 is 1.83 bits per heavy atom. The van der Waals surface area contributed by atoms with E-state index in [2.05, 4.69) is 32.0 Å². The van der Waals surface area contributed by atoms with Crippen molar-refractivity contribution in [3.05, 3.63) is 81.4 Å². The van der Waals surface area contributed by atoms with Crippen LogP contribution in [-0.4, -0.2) is 26.2 Å². The highest BCUT2D eigenvalue weighted by molar-refractivity contribution is 7.99. The van der Waals surface area contributed by atoms with Gasteiger partial charge in [0.2, 0.25) is 5.91 Å². The highest BCUT2D eigenvalue weighted by Gasteiger charge is 2.15. The standard InChI is InChI=1S/C21H15Cl3N4OS/c22-14-6-7-18-17(9-14)26-21(28(18)11-13-4-2-1-3-5-13)30-12-19(29)27-20-16(24)8-15(23)10-25-20/h1-10H,11-12H2,(H,25,27,29). The normalized spacial score (nSPS) is 11.0. The maximum Gasteiger partial charge on any atom is 0.236 e. The molecule has 0 atom stereocenters. The van der Waals surface area contributed by atoms with Gasteiger partial charge in [0.1, 0.15) is 0 Å². The van der Waals surface area contributed by atoms with Crippen molar-refractivity contribution in [3.63, 3.8) is 0 Å². The van der Waals surface area contributed by atoms with Crippen LogP contribution >= 0.6 is 46.6 Å². The summed E-state index contributed by atoms with van der Waals surface area (Å²) in [6.07, 6.45) is 1.43. The molecule has 152 valence electrons. The summed E-state index contributed by atoms with van der Waals surface area (Å²) in [5.41, 5.74) is 2.87. The number of nitrogens with one attached hydrogen (secondary N) is 1. The van der Waals surface area contributed by atoms with Gasteiger partial charge in [0.15, 0.2) is 11.0 Å². The lowest BCUT2D eigenvalue weighted by Crippen LogP contribution is -2.16. The molecule has 0 aliphatic heterocycles. The predicted octanol–water partition coefficient (Wildman–Crippen LogP) is 6.17. The number of nitrogens with zero attached hydrogens (tertiary/aromatic N) is 3. The van der Waals surface area contributed by atoms with Crippen molar-refractivity contribution in [1.82, 2.24) is 14.5 Å². The van der Waals surface area contributed by atoms with Crippen LogP contribution in [0.3, 0.4) is 0 Å². The van der Waals surface area contributed by atoms with E-state index in [9.17, 15) is 4.79 Å². The molecular weight excluding hydrogens is 463 g/mol. The van der Waals surface area contributed by atoms with Crippen molar-refractivity contribution in [1.29, 1.82) is 0 Å². The SMILES string of the molecule is O=C(CSc1nc2cc(Cl)ccc2n1Cc1ccccc1)Nc1ncc(Cl)cc1Cl. The number of amides is 1. The van der Waals surface area contributed by atoms with Gasteiger partial charge in [-0.1, -0.05) is 76.9 Å². The molecule has 0 unspecified atom stereocenters. The first-order valence-electron chi connectivity index (χ1n) is 8.93. The third kappa shape index (κ3) is 4.90. The quantitative estimate of drug-likeness (QED) is 0.337. The number of aromatic nitrogens is 3. The average Bonchev–Trinajstić information content (AvgIpc) is 3.05. The van der Waals surface area contributed by atoms with Crippen LogP contribution < -0.4 is 5.32 Å². The van der Waals surface area contributed by atoms with Gasteiger partial charge in [-0.3, -0.25) is 4.79 Å². The zero-order valence-electron chi connectivity index (χ0n) is 15.5. The lowest BCUT2D eigenvalue weighted by molar-refractivity contribution is -0.113. The minimum atomic E-state index is -0.243. The maximum absolute atomic E-state index is 12.4. The van der Waals surface area contributed by atoms with Crippen LogP contribution in [0.5, 0.6) is 0 Å². The number of imidazole rings is 1. The minimum absolute atomic E-state index is 0.145. The van der Waals surface area contributed by atoms with Crippen LogP contribution in [0, 0.1) is 0 Å². The average molecular weight is 478 g/mol. The van der Waals surface area contributed by atoms with E-state index in [1.165, 1.54) is 24.0 Å². The van der Waals surface area contributed by atoms with Gasteiger partial charge < -0.3 is 9.88 Å². The first-order valence-corrected chi connectivity index (χ1v) is 11.0. The zero-order valence-corrected chi connectivity index (χ0v) is 18.6. The summed E-state index contributed by atoms with van der Waals surface area (Å²) in [7, 11) is 0. The van der Waals surface area contributed by atoms with Gasteiger partial charge >= 0.3 is 0 Å². The number of hydrogen-bond acceptors (Lipinski definition) is 4. The highest BCUT2D eigenvalue weighted by atomic mass is 35.5. The van der Waals surface area contributed by atoms with Gasteiger partial charge in [-0.05, 0) is 29.8 Å². The Morgan fingerprint density at radius 3 is 2.60 bits per heavy atom. The van der Waals surface area contributed by atoms with E-state index in [0.717, 1.165) is 21.8 Å². The number of thioether (sulfide) groups is 1. The second-order valence-corrected chi connectivity index (χ2v) is 8.64. The summed E-state index contributed by atoms with van der Waals surface area (Å²) in [6, 6.07) is 17.2. The second kappa shape index (κ2) is 9.27. The summed E-state index contributed by atoms with van der Waals surface area (Å²) < 4.78 is 2.08. The van der Waals surface area contributed by atoms with Crippen molar-refractivity contribution >= 4 is 69.3 Å². The monoisotopic (exact) mass is 476 g/mol. The number of hydrogen-bond donors (Lipinski definition) is 1. The highest BCUT2D eigenvalue weighted by Crippen LogP contribution is 2.28. The van der Waals surface area contributed by atoms with E-state index >= 15 is 0 Å². The fraction of sp³-hybridized carbons (Fsp3) is 0.0952. The Kier molecular flexibility index (Phi) is 6.49. The first kappa shape index (κ1) is 21.0. The summed E-state index contributed by atoms with van der Waals surface area (Å²) in [5, 5.41) is 4.73. The molecule has 2 aromatic carbocycles. The molecule has 0 saturated carbocycles. The van der Waals surface area contributed by atoms with Gasteiger partial charge in [0.25, 0.3) is 0 Å². The van der Waals surface area contributed by atoms with Crippen LogP contribution in [0.25, 0.3) is 11.0 Å². The van der Waals surface area contributed by atoms with Crippen LogP contribution in [0.2, 0.25) is 15.1 Å². The Labute approximate surface area is 192 Å². The molecule has 5 nitrogen and oxygen atoms in total. The van der Waals surface area contributed by atoms with E-state index in [0.29, 0.717) is 16.6 Å². The van der Waals surface area contributed by atoms with E-state index < -0.39 is 0 Å². The number of fused-ring (bicyclic) bond motifs is 1. The third-order valence-corrected chi connectivity index (χ3v) is 5.96. The molecule has 0 bridgehead atoms. The summed E-state index contributed by atoms with van der Waals surface area (Å²) in [4.78, 5) is 21.2. The molecule has 30 heavy (non-hydrogen) atoms. The number of carbonyl (C=O) groups is 1. The van der Waals surface area contributed by atoms with Gasteiger partial charge in [-0.15, -0.1) is 0 Å². The number of anilines is 1. The number of halogens is 3. The Morgan fingerprint density at radius 1 is 1.03 bits per heavy atom. The summed E-state index contributed by atoms with van der Waals surface area (Å²) in [5.74, 6) is 0.177. The van der Waals surface area contributed by atoms with Gasteiger partial charge in [-0.25, -0.2) is 9.97 Å². The van der Waals surface area contributed by atoms with E-state index in [1.54, 1.807) is 0 Å². The fourth-order valence-electron chi connectivity index (χ4n) is 2.91. The summed E-state index contributed by atoms with van der Waals surface area (Å²) >= 11 is 19.4. The first-order chi connectivity index (χ1) is 14.5. The van der Waals surface area contributed by atoms with E-state index in [-0.39, 0.29) is 22.5 Å². The smallest absolute Gasteiger partial charge is 0.236 e.